The number of aryl methyl sites for hydroxylation is 1. The van der Waals surface area contributed by atoms with Gasteiger partial charge in [0.05, 0.1) is 5.69 Å². The van der Waals surface area contributed by atoms with Crippen LogP contribution in [-0.2, 0) is 6.54 Å². The van der Waals surface area contributed by atoms with Crippen LogP contribution in [0.25, 0.3) is 11.3 Å². The van der Waals surface area contributed by atoms with Gasteiger partial charge >= 0.3 is 0 Å². The Kier molecular flexibility index (Phi) is 3.69. The van der Waals surface area contributed by atoms with E-state index in [1.165, 1.54) is 35.4 Å². The van der Waals surface area contributed by atoms with Crippen molar-refractivity contribution in [3.63, 3.8) is 0 Å². The smallest absolute Gasteiger partial charge is 0.183 e. The third-order valence-electron chi connectivity index (χ3n) is 4.46. The maximum atomic E-state index is 4.78. The van der Waals surface area contributed by atoms with Crippen LogP contribution in [0.4, 0.5) is 5.13 Å². The number of benzene rings is 1. The summed E-state index contributed by atoms with van der Waals surface area (Å²) in [6.45, 7) is 5.24. The molecule has 2 aromatic heterocycles. The molecule has 0 spiro atoms. The van der Waals surface area contributed by atoms with Gasteiger partial charge in [0, 0.05) is 34.9 Å². The van der Waals surface area contributed by atoms with Crippen molar-refractivity contribution in [1.29, 1.82) is 0 Å². The first-order valence-corrected chi connectivity index (χ1v) is 9.02. The monoisotopic (exact) mass is 323 g/mol. The van der Waals surface area contributed by atoms with E-state index in [1.807, 2.05) is 6.07 Å². The molecule has 1 aliphatic carbocycles. The first kappa shape index (κ1) is 14.5. The Morgan fingerprint density at radius 3 is 2.74 bits per heavy atom. The van der Waals surface area contributed by atoms with E-state index in [1.54, 1.807) is 11.3 Å². The van der Waals surface area contributed by atoms with E-state index >= 15 is 0 Å². The molecule has 0 unspecified atom stereocenters. The van der Waals surface area contributed by atoms with E-state index in [-0.39, 0.29) is 0 Å². The lowest BCUT2D eigenvalue weighted by Gasteiger charge is -2.07. The number of nitrogens with zero attached hydrogens (tertiary/aromatic N) is 2. The number of nitrogens with one attached hydrogen (secondary N) is 1. The standard InChI is InChI=1S/C19H21N3S/c1-13-10-17(14(2)22(13)16-8-9-16)18-12-23-19(21-18)20-11-15-6-4-3-5-7-15/h3-7,10,12,16H,8-9,11H2,1-2H3,(H,20,21). The summed E-state index contributed by atoms with van der Waals surface area (Å²) in [7, 11) is 0. The van der Waals surface area contributed by atoms with Crippen LogP contribution in [0.15, 0.2) is 41.8 Å². The van der Waals surface area contributed by atoms with Crippen molar-refractivity contribution >= 4 is 16.5 Å². The highest BCUT2D eigenvalue weighted by Crippen LogP contribution is 2.40. The minimum absolute atomic E-state index is 0.720. The van der Waals surface area contributed by atoms with E-state index < -0.39 is 0 Å². The minimum atomic E-state index is 0.720. The van der Waals surface area contributed by atoms with Gasteiger partial charge in [-0.05, 0) is 38.3 Å². The zero-order valence-electron chi connectivity index (χ0n) is 13.5. The highest BCUT2D eigenvalue weighted by molar-refractivity contribution is 7.14. The molecule has 4 heteroatoms. The lowest BCUT2D eigenvalue weighted by Crippen LogP contribution is -1.99. The Hall–Kier alpha value is -2.07. The molecule has 0 bridgehead atoms. The maximum Gasteiger partial charge on any atom is 0.183 e. The molecule has 0 radical (unpaired) electrons. The van der Waals surface area contributed by atoms with Crippen LogP contribution in [0.5, 0.6) is 0 Å². The van der Waals surface area contributed by atoms with Crippen LogP contribution in [-0.4, -0.2) is 9.55 Å². The molecule has 1 aromatic carbocycles. The number of aromatic nitrogens is 2. The fraction of sp³-hybridized carbons (Fsp3) is 0.316. The van der Waals surface area contributed by atoms with Gasteiger partial charge in [0.25, 0.3) is 0 Å². The van der Waals surface area contributed by atoms with E-state index in [0.717, 1.165) is 23.4 Å². The normalized spacial score (nSPS) is 14.2. The largest absolute Gasteiger partial charge is 0.357 e. The molecule has 1 N–H and O–H groups in total. The molecule has 1 fully saturated rings. The van der Waals surface area contributed by atoms with Crippen LogP contribution < -0.4 is 5.32 Å². The van der Waals surface area contributed by atoms with Gasteiger partial charge in [0.2, 0.25) is 0 Å². The second-order valence-corrected chi connectivity index (χ2v) is 7.12. The van der Waals surface area contributed by atoms with Gasteiger partial charge in [-0.25, -0.2) is 4.98 Å². The summed E-state index contributed by atoms with van der Waals surface area (Å²) in [6, 6.07) is 13.4. The summed E-state index contributed by atoms with van der Waals surface area (Å²) in [4.78, 5) is 4.78. The summed E-state index contributed by atoms with van der Waals surface area (Å²) in [5.41, 5.74) is 6.34. The molecule has 2 heterocycles. The summed E-state index contributed by atoms with van der Waals surface area (Å²) >= 11 is 1.68. The predicted molar refractivity (Wildman–Crippen MR) is 97.1 cm³/mol. The van der Waals surface area contributed by atoms with E-state index in [0.29, 0.717) is 0 Å². The molecular formula is C19H21N3S. The van der Waals surface area contributed by atoms with Crippen molar-refractivity contribution in [3.8, 4) is 11.3 Å². The second kappa shape index (κ2) is 5.85. The van der Waals surface area contributed by atoms with Crippen molar-refractivity contribution in [2.24, 2.45) is 0 Å². The summed E-state index contributed by atoms with van der Waals surface area (Å²) < 4.78 is 2.48. The fourth-order valence-corrected chi connectivity index (χ4v) is 3.89. The molecule has 4 rings (SSSR count). The van der Waals surface area contributed by atoms with Gasteiger partial charge in [0.15, 0.2) is 5.13 Å². The van der Waals surface area contributed by atoms with Crippen molar-refractivity contribution in [3.05, 3.63) is 58.7 Å². The molecule has 3 nitrogen and oxygen atoms in total. The molecular weight excluding hydrogens is 302 g/mol. The molecule has 0 amide bonds. The number of rotatable bonds is 5. The summed E-state index contributed by atoms with van der Waals surface area (Å²) in [5.74, 6) is 0. The average Bonchev–Trinajstić information content (AvgIpc) is 3.20. The Morgan fingerprint density at radius 2 is 2.00 bits per heavy atom. The molecule has 0 saturated heterocycles. The second-order valence-electron chi connectivity index (χ2n) is 6.26. The van der Waals surface area contributed by atoms with Crippen LogP contribution in [0.1, 0.15) is 35.8 Å². The van der Waals surface area contributed by atoms with Gasteiger partial charge in [-0.15, -0.1) is 11.3 Å². The highest BCUT2D eigenvalue weighted by Gasteiger charge is 2.27. The third-order valence-corrected chi connectivity index (χ3v) is 5.26. The highest BCUT2D eigenvalue weighted by atomic mass is 32.1. The topological polar surface area (TPSA) is 29.9 Å². The van der Waals surface area contributed by atoms with E-state index in [4.69, 9.17) is 4.98 Å². The van der Waals surface area contributed by atoms with Crippen molar-refractivity contribution < 1.29 is 0 Å². The Morgan fingerprint density at radius 1 is 1.22 bits per heavy atom. The maximum absolute atomic E-state index is 4.78. The first-order chi connectivity index (χ1) is 11.2. The average molecular weight is 323 g/mol. The molecule has 0 atom stereocenters. The molecule has 0 aliphatic heterocycles. The van der Waals surface area contributed by atoms with Gasteiger partial charge < -0.3 is 9.88 Å². The van der Waals surface area contributed by atoms with Gasteiger partial charge in [-0.3, -0.25) is 0 Å². The molecule has 3 aromatic rings. The van der Waals surface area contributed by atoms with Crippen LogP contribution in [0, 0.1) is 13.8 Å². The lowest BCUT2D eigenvalue weighted by molar-refractivity contribution is 0.700. The summed E-state index contributed by atoms with van der Waals surface area (Å²) in [5, 5.41) is 6.57. The SMILES string of the molecule is Cc1cc(-c2csc(NCc3ccccc3)n2)c(C)n1C1CC1. The Bertz CT molecular complexity index is 813. The molecule has 1 aliphatic rings. The summed E-state index contributed by atoms with van der Waals surface area (Å²) in [6.07, 6.45) is 2.63. The Labute approximate surface area is 141 Å². The van der Waals surface area contributed by atoms with Crippen LogP contribution >= 0.6 is 11.3 Å². The van der Waals surface area contributed by atoms with E-state index in [2.05, 4.69) is 59.4 Å². The van der Waals surface area contributed by atoms with Gasteiger partial charge in [0.1, 0.15) is 0 Å². The fourth-order valence-electron chi connectivity index (χ4n) is 3.18. The van der Waals surface area contributed by atoms with Gasteiger partial charge in [-0.2, -0.15) is 0 Å². The molecule has 1 saturated carbocycles. The predicted octanol–water partition coefficient (Wildman–Crippen LogP) is 5.18. The number of anilines is 1. The lowest BCUT2D eigenvalue weighted by atomic mass is 10.2. The quantitative estimate of drug-likeness (QED) is 0.701. The van der Waals surface area contributed by atoms with Crippen LogP contribution in [0.3, 0.4) is 0 Å². The number of hydrogen-bond acceptors (Lipinski definition) is 3. The Balaban J connectivity index is 1.53. The first-order valence-electron chi connectivity index (χ1n) is 8.14. The van der Waals surface area contributed by atoms with Crippen molar-refractivity contribution in [2.75, 3.05) is 5.32 Å². The zero-order valence-corrected chi connectivity index (χ0v) is 14.4. The third kappa shape index (κ3) is 2.91. The van der Waals surface area contributed by atoms with Gasteiger partial charge in [-0.1, -0.05) is 30.3 Å². The number of thiazole rings is 1. The molecule has 118 valence electrons. The van der Waals surface area contributed by atoms with Crippen molar-refractivity contribution in [1.82, 2.24) is 9.55 Å². The zero-order chi connectivity index (χ0) is 15.8. The van der Waals surface area contributed by atoms with Crippen LogP contribution in [0.2, 0.25) is 0 Å². The number of hydrogen-bond donors (Lipinski definition) is 1. The van der Waals surface area contributed by atoms with Crippen molar-refractivity contribution in [2.45, 2.75) is 39.3 Å². The van der Waals surface area contributed by atoms with E-state index in [9.17, 15) is 0 Å². The minimum Gasteiger partial charge on any atom is -0.357 e. The molecule has 23 heavy (non-hydrogen) atoms.